The van der Waals surface area contributed by atoms with E-state index >= 15 is 0 Å². The molecule has 1 aromatic rings. The van der Waals surface area contributed by atoms with Crippen molar-refractivity contribution in [3.05, 3.63) is 36.4 Å². The van der Waals surface area contributed by atoms with Crippen LogP contribution in [0.3, 0.4) is 0 Å². The second kappa shape index (κ2) is 6.02. The molecule has 0 fully saturated rings. The zero-order valence-corrected chi connectivity index (χ0v) is 11.7. The fourth-order valence-electron chi connectivity index (χ4n) is 1.78. The van der Waals surface area contributed by atoms with E-state index in [-0.39, 0.29) is 4.90 Å². The van der Waals surface area contributed by atoms with Crippen LogP contribution in [0.4, 0.5) is 5.69 Å². The van der Waals surface area contributed by atoms with Crippen molar-refractivity contribution < 1.29 is 8.42 Å². The highest BCUT2D eigenvalue weighted by Crippen LogP contribution is 2.20. The van der Waals surface area contributed by atoms with Gasteiger partial charge in [0.15, 0.2) is 0 Å². The Morgan fingerprint density at radius 2 is 2.06 bits per heavy atom. The molecule has 0 spiro atoms. The second-order valence-corrected chi connectivity index (χ2v) is 6.17. The van der Waals surface area contributed by atoms with Crippen LogP contribution in [0.5, 0.6) is 0 Å². The van der Waals surface area contributed by atoms with Gasteiger partial charge in [0.05, 0.1) is 4.90 Å². The SMILES string of the molecule is C=CCN(CCC)S(=O)(=O)c1cc(C)cc(N)c1. The summed E-state index contributed by atoms with van der Waals surface area (Å²) in [6, 6.07) is 4.88. The van der Waals surface area contributed by atoms with Crippen LogP contribution in [0.15, 0.2) is 35.7 Å². The summed E-state index contributed by atoms with van der Waals surface area (Å²) >= 11 is 0. The number of anilines is 1. The van der Waals surface area contributed by atoms with Gasteiger partial charge in [0.25, 0.3) is 0 Å². The summed E-state index contributed by atoms with van der Waals surface area (Å²) in [6.07, 6.45) is 2.35. The number of nitrogen functional groups attached to an aromatic ring is 1. The molecule has 4 nitrogen and oxygen atoms in total. The molecule has 1 aromatic carbocycles. The normalized spacial score (nSPS) is 11.7. The third-order valence-electron chi connectivity index (χ3n) is 2.52. The Kier molecular flexibility index (Phi) is 4.93. The van der Waals surface area contributed by atoms with Crippen molar-refractivity contribution in [2.45, 2.75) is 25.2 Å². The van der Waals surface area contributed by atoms with Crippen molar-refractivity contribution in [2.24, 2.45) is 0 Å². The number of nitrogens with two attached hydrogens (primary N) is 1. The molecule has 0 aliphatic carbocycles. The Morgan fingerprint density at radius 3 is 2.56 bits per heavy atom. The molecule has 2 N–H and O–H groups in total. The highest BCUT2D eigenvalue weighted by Gasteiger charge is 2.23. The molecule has 0 amide bonds. The Bertz CT molecular complexity index is 504. The number of benzene rings is 1. The Balaban J connectivity index is 3.21. The van der Waals surface area contributed by atoms with Gasteiger partial charge in [-0.15, -0.1) is 6.58 Å². The lowest BCUT2D eigenvalue weighted by molar-refractivity contribution is 0.441. The number of rotatable bonds is 6. The van der Waals surface area contributed by atoms with E-state index in [2.05, 4.69) is 6.58 Å². The molecule has 100 valence electrons. The Morgan fingerprint density at radius 1 is 1.39 bits per heavy atom. The van der Waals surface area contributed by atoms with Crippen LogP contribution in [-0.4, -0.2) is 25.8 Å². The van der Waals surface area contributed by atoms with Crippen molar-refractivity contribution in [1.82, 2.24) is 4.31 Å². The standard InChI is InChI=1S/C13H20N2O2S/c1-4-6-15(7-5-2)18(16,17)13-9-11(3)8-12(14)10-13/h4,8-10H,1,5-7,14H2,2-3H3. The number of nitrogens with zero attached hydrogens (tertiary/aromatic N) is 1. The quantitative estimate of drug-likeness (QED) is 0.635. The van der Waals surface area contributed by atoms with E-state index in [1.807, 2.05) is 13.8 Å². The van der Waals surface area contributed by atoms with Gasteiger partial charge in [0.2, 0.25) is 10.0 Å². The van der Waals surface area contributed by atoms with Gasteiger partial charge in [-0.2, -0.15) is 4.31 Å². The summed E-state index contributed by atoms with van der Waals surface area (Å²) in [5, 5.41) is 0. The fourth-order valence-corrected chi connectivity index (χ4v) is 3.42. The molecular formula is C13H20N2O2S. The van der Waals surface area contributed by atoms with Gasteiger partial charge in [-0.1, -0.05) is 13.0 Å². The molecule has 0 aliphatic heterocycles. The molecule has 0 saturated heterocycles. The van der Waals surface area contributed by atoms with Crippen LogP contribution >= 0.6 is 0 Å². The van der Waals surface area contributed by atoms with E-state index in [9.17, 15) is 8.42 Å². The predicted octanol–water partition coefficient (Wildman–Crippen LogP) is 2.16. The van der Waals surface area contributed by atoms with E-state index in [0.717, 1.165) is 12.0 Å². The average molecular weight is 268 g/mol. The minimum absolute atomic E-state index is 0.246. The Labute approximate surface area is 109 Å². The zero-order chi connectivity index (χ0) is 13.8. The van der Waals surface area contributed by atoms with Gasteiger partial charge >= 0.3 is 0 Å². The molecule has 0 heterocycles. The topological polar surface area (TPSA) is 63.4 Å². The number of hydrogen-bond donors (Lipinski definition) is 1. The minimum atomic E-state index is -3.49. The predicted molar refractivity (Wildman–Crippen MR) is 74.8 cm³/mol. The molecule has 0 aliphatic rings. The molecule has 0 radical (unpaired) electrons. The maximum atomic E-state index is 12.4. The van der Waals surface area contributed by atoms with Gasteiger partial charge in [-0.3, -0.25) is 0 Å². The maximum absolute atomic E-state index is 12.4. The molecule has 0 aromatic heterocycles. The number of hydrogen-bond acceptors (Lipinski definition) is 3. The summed E-state index contributed by atoms with van der Waals surface area (Å²) in [5.74, 6) is 0. The molecule has 0 unspecified atom stereocenters. The van der Waals surface area contributed by atoms with Crippen LogP contribution < -0.4 is 5.73 Å². The molecule has 1 rings (SSSR count). The monoisotopic (exact) mass is 268 g/mol. The Hall–Kier alpha value is -1.33. The second-order valence-electron chi connectivity index (χ2n) is 4.23. The van der Waals surface area contributed by atoms with E-state index in [0.29, 0.717) is 18.8 Å². The van der Waals surface area contributed by atoms with Crippen molar-refractivity contribution in [2.75, 3.05) is 18.8 Å². The van der Waals surface area contributed by atoms with Gasteiger partial charge in [-0.05, 0) is 37.1 Å². The van der Waals surface area contributed by atoms with Gasteiger partial charge in [0.1, 0.15) is 0 Å². The molecular weight excluding hydrogens is 248 g/mol. The van der Waals surface area contributed by atoms with Crippen LogP contribution in [0.25, 0.3) is 0 Å². The highest BCUT2D eigenvalue weighted by molar-refractivity contribution is 7.89. The van der Waals surface area contributed by atoms with Gasteiger partial charge in [0, 0.05) is 18.8 Å². The van der Waals surface area contributed by atoms with Crippen molar-refractivity contribution >= 4 is 15.7 Å². The van der Waals surface area contributed by atoms with E-state index in [4.69, 9.17) is 5.73 Å². The molecule has 18 heavy (non-hydrogen) atoms. The summed E-state index contributed by atoms with van der Waals surface area (Å²) in [4.78, 5) is 0.246. The van der Waals surface area contributed by atoms with Gasteiger partial charge < -0.3 is 5.73 Å². The fraction of sp³-hybridized carbons (Fsp3) is 0.385. The lowest BCUT2D eigenvalue weighted by atomic mass is 10.2. The minimum Gasteiger partial charge on any atom is -0.399 e. The van der Waals surface area contributed by atoms with Crippen LogP contribution in [0.1, 0.15) is 18.9 Å². The van der Waals surface area contributed by atoms with E-state index < -0.39 is 10.0 Å². The largest absolute Gasteiger partial charge is 0.399 e. The van der Waals surface area contributed by atoms with E-state index in [1.165, 1.54) is 10.4 Å². The van der Waals surface area contributed by atoms with E-state index in [1.54, 1.807) is 18.2 Å². The average Bonchev–Trinajstić information content (AvgIpc) is 2.27. The summed E-state index contributed by atoms with van der Waals surface area (Å²) in [6.45, 7) is 8.15. The third kappa shape index (κ3) is 3.34. The van der Waals surface area contributed by atoms with Crippen LogP contribution in [0.2, 0.25) is 0 Å². The zero-order valence-electron chi connectivity index (χ0n) is 10.9. The third-order valence-corrected chi connectivity index (χ3v) is 4.36. The van der Waals surface area contributed by atoms with Gasteiger partial charge in [-0.25, -0.2) is 8.42 Å². The molecule has 0 saturated carbocycles. The first-order chi connectivity index (χ1) is 8.41. The first-order valence-corrected chi connectivity index (χ1v) is 7.34. The van der Waals surface area contributed by atoms with Crippen LogP contribution in [-0.2, 0) is 10.0 Å². The summed E-state index contributed by atoms with van der Waals surface area (Å²) in [7, 11) is -3.49. The lowest BCUT2D eigenvalue weighted by Gasteiger charge is -2.20. The number of sulfonamides is 1. The van der Waals surface area contributed by atoms with Crippen LogP contribution in [0, 0.1) is 6.92 Å². The molecule has 0 bridgehead atoms. The summed E-state index contributed by atoms with van der Waals surface area (Å²) in [5.41, 5.74) is 7.00. The summed E-state index contributed by atoms with van der Waals surface area (Å²) < 4.78 is 26.3. The molecule has 5 heteroatoms. The smallest absolute Gasteiger partial charge is 0.243 e. The number of aryl methyl sites for hydroxylation is 1. The maximum Gasteiger partial charge on any atom is 0.243 e. The van der Waals surface area contributed by atoms with Crippen molar-refractivity contribution in [1.29, 1.82) is 0 Å². The van der Waals surface area contributed by atoms with Crippen molar-refractivity contribution in [3.63, 3.8) is 0 Å². The first kappa shape index (κ1) is 14.7. The first-order valence-electron chi connectivity index (χ1n) is 5.90. The lowest BCUT2D eigenvalue weighted by Crippen LogP contribution is -2.32. The van der Waals surface area contributed by atoms with Crippen molar-refractivity contribution in [3.8, 4) is 0 Å². The molecule has 0 atom stereocenters. The highest BCUT2D eigenvalue weighted by atomic mass is 32.2.